The van der Waals surface area contributed by atoms with Gasteiger partial charge in [-0.1, -0.05) is 13.0 Å². The van der Waals surface area contributed by atoms with Gasteiger partial charge in [0.2, 0.25) is 5.91 Å². The minimum atomic E-state index is -3.91. The molecule has 0 fully saturated rings. The molecule has 29 heavy (non-hydrogen) atoms. The van der Waals surface area contributed by atoms with Crippen LogP contribution in [0.5, 0.6) is 0 Å². The molecule has 1 atom stereocenters. The lowest BCUT2D eigenvalue weighted by Crippen LogP contribution is -2.37. The molecule has 1 aliphatic rings. The first-order valence-corrected chi connectivity index (χ1v) is 11.5. The number of sulfonamides is 1. The largest absolute Gasteiger partial charge is 0.462 e. The van der Waals surface area contributed by atoms with Gasteiger partial charge >= 0.3 is 5.97 Å². The Kier molecular flexibility index (Phi) is 6.18. The van der Waals surface area contributed by atoms with Gasteiger partial charge in [-0.3, -0.25) is 9.52 Å². The maximum absolute atomic E-state index is 12.9. The number of nitrogens with zero attached hydrogens (tertiary/aromatic N) is 1. The summed E-state index contributed by atoms with van der Waals surface area (Å²) < 4.78 is 33.2. The average molecular weight is 435 g/mol. The first-order valence-electron chi connectivity index (χ1n) is 9.10. The SMILES string of the molecule is CCOC(=O)c1cccc(NS(=O)(=O)c2ccc3c(c2)N(C(C)=O)CC(C)S3)c1. The lowest BCUT2D eigenvalue weighted by atomic mass is 10.2. The molecule has 1 aliphatic heterocycles. The summed E-state index contributed by atoms with van der Waals surface area (Å²) in [6.07, 6.45) is 0. The van der Waals surface area contributed by atoms with E-state index in [-0.39, 0.29) is 33.9 Å². The van der Waals surface area contributed by atoms with Crippen molar-refractivity contribution in [3.63, 3.8) is 0 Å². The standard InChI is InChI=1S/C20H22N2O5S2/c1-4-27-20(24)15-6-5-7-16(10-15)21-29(25,26)17-8-9-19-18(11-17)22(14(3)23)12-13(2)28-19/h5-11,13,21H,4,12H2,1-3H3. The van der Waals surface area contributed by atoms with Crippen molar-refractivity contribution >= 4 is 45.0 Å². The van der Waals surface area contributed by atoms with Crippen LogP contribution in [0.3, 0.4) is 0 Å². The summed E-state index contributed by atoms with van der Waals surface area (Å²) in [4.78, 5) is 26.4. The fourth-order valence-corrected chi connectivity index (χ4v) is 5.18. The molecule has 1 unspecified atom stereocenters. The summed E-state index contributed by atoms with van der Waals surface area (Å²) in [6, 6.07) is 10.8. The van der Waals surface area contributed by atoms with Gasteiger partial charge in [-0.25, -0.2) is 13.2 Å². The highest BCUT2D eigenvalue weighted by Crippen LogP contribution is 2.39. The number of carbonyl (C=O) groups excluding carboxylic acids is 2. The van der Waals surface area contributed by atoms with Crippen LogP contribution in [-0.4, -0.2) is 38.7 Å². The number of benzene rings is 2. The number of amides is 1. The maximum atomic E-state index is 12.9. The molecule has 0 aliphatic carbocycles. The van der Waals surface area contributed by atoms with Gasteiger partial charge in [-0.15, -0.1) is 11.8 Å². The van der Waals surface area contributed by atoms with E-state index >= 15 is 0 Å². The van der Waals surface area contributed by atoms with Crippen LogP contribution in [0, 0.1) is 0 Å². The topological polar surface area (TPSA) is 92.8 Å². The molecule has 0 aromatic heterocycles. The number of hydrogen-bond donors (Lipinski definition) is 1. The Hall–Kier alpha value is -2.52. The second kappa shape index (κ2) is 8.46. The molecule has 0 bridgehead atoms. The molecule has 0 spiro atoms. The summed E-state index contributed by atoms with van der Waals surface area (Å²) >= 11 is 1.61. The summed E-state index contributed by atoms with van der Waals surface area (Å²) in [7, 11) is -3.91. The van der Waals surface area contributed by atoms with E-state index in [2.05, 4.69) is 4.72 Å². The molecule has 0 saturated heterocycles. The lowest BCUT2D eigenvalue weighted by Gasteiger charge is -2.32. The predicted octanol–water partition coefficient (Wildman–Crippen LogP) is 3.51. The molecule has 9 heteroatoms. The van der Waals surface area contributed by atoms with Crippen molar-refractivity contribution in [1.82, 2.24) is 0 Å². The molecule has 7 nitrogen and oxygen atoms in total. The van der Waals surface area contributed by atoms with Crippen LogP contribution in [0.4, 0.5) is 11.4 Å². The summed E-state index contributed by atoms with van der Waals surface area (Å²) in [6.45, 7) is 5.93. The quantitative estimate of drug-likeness (QED) is 0.724. The number of carbonyl (C=O) groups is 2. The van der Waals surface area contributed by atoms with Crippen LogP contribution in [-0.2, 0) is 19.6 Å². The van der Waals surface area contributed by atoms with E-state index in [1.165, 1.54) is 25.1 Å². The highest BCUT2D eigenvalue weighted by Gasteiger charge is 2.27. The van der Waals surface area contributed by atoms with Gasteiger partial charge < -0.3 is 9.64 Å². The number of ether oxygens (including phenoxy) is 1. The van der Waals surface area contributed by atoms with Gasteiger partial charge in [0.25, 0.3) is 10.0 Å². The Bertz CT molecular complexity index is 1050. The minimum Gasteiger partial charge on any atom is -0.462 e. The smallest absolute Gasteiger partial charge is 0.338 e. The van der Waals surface area contributed by atoms with Crippen molar-refractivity contribution in [2.75, 3.05) is 22.8 Å². The average Bonchev–Trinajstić information content (AvgIpc) is 2.66. The molecule has 3 rings (SSSR count). The molecule has 1 heterocycles. The van der Waals surface area contributed by atoms with Gasteiger partial charge in [0.15, 0.2) is 0 Å². The van der Waals surface area contributed by atoms with Gasteiger partial charge in [-0.05, 0) is 43.3 Å². The molecule has 154 valence electrons. The number of hydrogen-bond acceptors (Lipinski definition) is 6. The zero-order valence-corrected chi connectivity index (χ0v) is 18.0. The van der Waals surface area contributed by atoms with E-state index in [1.54, 1.807) is 47.9 Å². The van der Waals surface area contributed by atoms with Crippen LogP contribution in [0.1, 0.15) is 31.1 Å². The third-order valence-electron chi connectivity index (χ3n) is 4.31. The van der Waals surface area contributed by atoms with Crippen LogP contribution in [0.2, 0.25) is 0 Å². The number of nitrogens with one attached hydrogen (secondary N) is 1. The van der Waals surface area contributed by atoms with Crippen LogP contribution < -0.4 is 9.62 Å². The molecular formula is C20H22N2O5S2. The second-order valence-electron chi connectivity index (χ2n) is 6.59. The maximum Gasteiger partial charge on any atom is 0.338 e. The van der Waals surface area contributed by atoms with E-state index in [4.69, 9.17) is 4.74 Å². The highest BCUT2D eigenvalue weighted by atomic mass is 32.2. The van der Waals surface area contributed by atoms with Crippen molar-refractivity contribution in [3.05, 3.63) is 48.0 Å². The number of rotatable bonds is 5. The fourth-order valence-electron chi connectivity index (χ4n) is 3.02. The molecule has 0 radical (unpaired) electrons. The fraction of sp³-hybridized carbons (Fsp3) is 0.300. The zero-order valence-electron chi connectivity index (χ0n) is 16.3. The van der Waals surface area contributed by atoms with E-state index < -0.39 is 16.0 Å². The third kappa shape index (κ3) is 4.73. The van der Waals surface area contributed by atoms with Gasteiger partial charge in [0.1, 0.15) is 0 Å². The summed E-state index contributed by atoms with van der Waals surface area (Å²) in [5.74, 6) is -0.659. The Balaban J connectivity index is 1.91. The van der Waals surface area contributed by atoms with Gasteiger partial charge in [-0.2, -0.15) is 0 Å². The molecule has 1 amide bonds. The minimum absolute atomic E-state index is 0.0409. The predicted molar refractivity (Wildman–Crippen MR) is 113 cm³/mol. The molecule has 2 aromatic rings. The molecule has 0 saturated carbocycles. The van der Waals surface area contributed by atoms with Crippen molar-refractivity contribution in [3.8, 4) is 0 Å². The lowest BCUT2D eigenvalue weighted by molar-refractivity contribution is -0.116. The van der Waals surface area contributed by atoms with E-state index in [0.29, 0.717) is 12.2 Å². The molecule has 2 aromatic carbocycles. The normalized spacial score (nSPS) is 16.1. The first kappa shape index (κ1) is 21.2. The van der Waals surface area contributed by atoms with Crippen molar-refractivity contribution in [1.29, 1.82) is 0 Å². The number of thioether (sulfide) groups is 1. The third-order valence-corrected chi connectivity index (χ3v) is 6.83. The van der Waals surface area contributed by atoms with Crippen molar-refractivity contribution in [2.24, 2.45) is 0 Å². The number of esters is 1. The van der Waals surface area contributed by atoms with Crippen LogP contribution in [0.25, 0.3) is 0 Å². The second-order valence-corrected chi connectivity index (χ2v) is 9.76. The number of fused-ring (bicyclic) bond motifs is 1. The van der Waals surface area contributed by atoms with Crippen LogP contribution in [0.15, 0.2) is 52.3 Å². The molecular weight excluding hydrogens is 412 g/mol. The van der Waals surface area contributed by atoms with Crippen molar-refractivity contribution in [2.45, 2.75) is 35.8 Å². The first-order chi connectivity index (χ1) is 13.7. The van der Waals surface area contributed by atoms with E-state index in [9.17, 15) is 18.0 Å². The van der Waals surface area contributed by atoms with Gasteiger partial charge in [0, 0.05) is 29.3 Å². The Morgan fingerprint density at radius 2 is 2.00 bits per heavy atom. The monoisotopic (exact) mass is 434 g/mol. The van der Waals surface area contributed by atoms with Crippen LogP contribution >= 0.6 is 11.8 Å². The van der Waals surface area contributed by atoms with Gasteiger partial charge in [0.05, 0.1) is 22.8 Å². The van der Waals surface area contributed by atoms with Crippen molar-refractivity contribution < 1.29 is 22.7 Å². The Morgan fingerprint density at radius 1 is 1.24 bits per heavy atom. The van der Waals surface area contributed by atoms with E-state index in [0.717, 1.165) is 4.90 Å². The summed E-state index contributed by atoms with van der Waals surface area (Å²) in [5, 5.41) is 0.220. The zero-order chi connectivity index (χ0) is 21.2. The summed E-state index contributed by atoms with van der Waals surface area (Å²) in [5.41, 5.74) is 1.09. The Morgan fingerprint density at radius 3 is 2.69 bits per heavy atom. The number of anilines is 2. The highest BCUT2D eigenvalue weighted by molar-refractivity contribution is 8.00. The van der Waals surface area contributed by atoms with E-state index in [1.807, 2.05) is 6.92 Å². The Labute approximate surface area is 174 Å². The molecule has 1 N–H and O–H groups in total.